The van der Waals surface area contributed by atoms with Crippen molar-refractivity contribution in [1.82, 2.24) is 4.90 Å². The van der Waals surface area contributed by atoms with E-state index in [1.807, 2.05) is 0 Å². The first-order chi connectivity index (χ1) is 12.2. The Bertz CT molecular complexity index is 650. The second kappa shape index (κ2) is 8.29. The summed E-state index contributed by atoms with van der Waals surface area (Å²) in [6, 6.07) is 5.28. The number of nitrogens with zero attached hydrogens (tertiary/aromatic N) is 1. The highest BCUT2D eigenvalue weighted by atomic mass is 19.4. The smallest absolute Gasteiger partial charge is 0.422 e. The molecule has 2 rings (SSSR count). The average molecular weight is 375 g/mol. The van der Waals surface area contributed by atoms with Gasteiger partial charge in [0, 0.05) is 12.6 Å². The molecule has 0 aromatic heterocycles. The summed E-state index contributed by atoms with van der Waals surface area (Å²) in [6.07, 6.45) is -3.43. The number of carboxylic acids is 1. The van der Waals surface area contributed by atoms with Gasteiger partial charge in [-0.15, -0.1) is 0 Å². The minimum absolute atomic E-state index is 0.0181. The number of rotatable bonds is 6. The molecule has 2 atom stereocenters. The lowest BCUT2D eigenvalue weighted by atomic mass is 9.90. The monoisotopic (exact) mass is 375 g/mol. The number of carbonyl (C=O) groups excluding carboxylic acids is 1. The van der Waals surface area contributed by atoms with Crippen molar-refractivity contribution in [3.63, 3.8) is 0 Å². The molecule has 1 aromatic carbocycles. The van der Waals surface area contributed by atoms with Crippen LogP contribution in [0.4, 0.5) is 13.2 Å². The number of carboxylic acid groups (broad SMARTS) is 1. The van der Waals surface area contributed by atoms with Gasteiger partial charge in [-0.05, 0) is 31.9 Å². The SMILES string of the molecule is C[C@@H]1[C@H](C(=O)O)CCCN1C(=O)COc1ccccc1OCC(F)(F)F. The molecule has 1 saturated heterocycles. The van der Waals surface area contributed by atoms with Gasteiger partial charge in [-0.3, -0.25) is 9.59 Å². The Balaban J connectivity index is 1.98. The summed E-state index contributed by atoms with van der Waals surface area (Å²) in [6.45, 7) is 0.198. The van der Waals surface area contributed by atoms with Gasteiger partial charge < -0.3 is 19.5 Å². The first-order valence-electron chi connectivity index (χ1n) is 8.12. The highest BCUT2D eigenvalue weighted by molar-refractivity contribution is 5.80. The van der Waals surface area contributed by atoms with E-state index in [1.165, 1.54) is 23.1 Å². The Kier molecular flexibility index (Phi) is 6.33. The van der Waals surface area contributed by atoms with Crippen molar-refractivity contribution in [2.24, 2.45) is 5.92 Å². The fourth-order valence-electron chi connectivity index (χ4n) is 2.90. The molecule has 9 heteroatoms. The van der Waals surface area contributed by atoms with Gasteiger partial charge in [0.25, 0.3) is 5.91 Å². The van der Waals surface area contributed by atoms with Gasteiger partial charge in [-0.2, -0.15) is 13.2 Å². The predicted octanol–water partition coefficient (Wildman–Crippen LogP) is 2.72. The lowest BCUT2D eigenvalue weighted by molar-refractivity contribution is -0.154. The van der Waals surface area contributed by atoms with Crippen molar-refractivity contribution in [2.75, 3.05) is 19.8 Å². The highest BCUT2D eigenvalue weighted by Gasteiger charge is 2.35. The number of para-hydroxylation sites is 2. The molecule has 1 aliphatic heterocycles. The van der Waals surface area contributed by atoms with E-state index in [4.69, 9.17) is 9.47 Å². The second-order valence-electron chi connectivity index (χ2n) is 6.05. The molecule has 0 radical (unpaired) electrons. The Morgan fingerprint density at radius 3 is 2.42 bits per heavy atom. The molecule has 1 aliphatic rings. The van der Waals surface area contributed by atoms with Crippen LogP contribution in [0.25, 0.3) is 0 Å². The molecular weight excluding hydrogens is 355 g/mol. The normalized spacial score (nSPS) is 20.5. The van der Waals surface area contributed by atoms with Crippen LogP contribution in [0.15, 0.2) is 24.3 Å². The van der Waals surface area contributed by atoms with Crippen LogP contribution >= 0.6 is 0 Å². The molecule has 0 aliphatic carbocycles. The fourth-order valence-corrected chi connectivity index (χ4v) is 2.90. The van der Waals surface area contributed by atoms with E-state index >= 15 is 0 Å². The van der Waals surface area contributed by atoms with Crippen molar-refractivity contribution >= 4 is 11.9 Å². The van der Waals surface area contributed by atoms with Gasteiger partial charge in [0.05, 0.1) is 5.92 Å². The number of piperidine rings is 1. The molecule has 1 heterocycles. The van der Waals surface area contributed by atoms with E-state index in [0.29, 0.717) is 19.4 Å². The number of benzene rings is 1. The summed E-state index contributed by atoms with van der Waals surface area (Å²) in [5.74, 6) is -2.12. The Labute approximate surface area is 148 Å². The molecule has 0 saturated carbocycles. The standard InChI is InChI=1S/C17H20F3NO5/c1-11-12(16(23)24)5-4-8-21(11)15(22)9-25-13-6-2-3-7-14(13)26-10-17(18,19)20/h2-3,6-7,11-12H,4-5,8-10H2,1H3,(H,23,24)/t11-,12-/m1/s1. The molecule has 1 fully saturated rings. The third-order valence-electron chi connectivity index (χ3n) is 4.22. The summed E-state index contributed by atoms with van der Waals surface area (Å²) in [5.41, 5.74) is 0. The van der Waals surface area contributed by atoms with Crippen LogP contribution < -0.4 is 9.47 Å². The number of likely N-dealkylation sites (tertiary alicyclic amines) is 1. The predicted molar refractivity (Wildman–Crippen MR) is 85.0 cm³/mol. The maximum Gasteiger partial charge on any atom is 0.422 e. The number of amides is 1. The summed E-state index contributed by atoms with van der Waals surface area (Å²) >= 11 is 0. The van der Waals surface area contributed by atoms with Gasteiger partial charge in [-0.1, -0.05) is 12.1 Å². The Hall–Kier alpha value is -2.45. The molecule has 0 bridgehead atoms. The van der Waals surface area contributed by atoms with Crippen molar-refractivity contribution < 1.29 is 37.3 Å². The van der Waals surface area contributed by atoms with Crippen LogP contribution in [-0.2, 0) is 9.59 Å². The molecular formula is C17H20F3NO5. The fraction of sp³-hybridized carbons (Fsp3) is 0.529. The van der Waals surface area contributed by atoms with E-state index in [1.54, 1.807) is 13.0 Å². The largest absolute Gasteiger partial charge is 0.481 e. The third kappa shape index (κ3) is 5.27. The van der Waals surface area contributed by atoms with Gasteiger partial charge in [0.2, 0.25) is 0 Å². The lowest BCUT2D eigenvalue weighted by Crippen LogP contribution is -2.50. The summed E-state index contributed by atoms with van der Waals surface area (Å²) < 4.78 is 46.9. The molecule has 6 nitrogen and oxygen atoms in total. The van der Waals surface area contributed by atoms with Crippen molar-refractivity contribution in [2.45, 2.75) is 32.0 Å². The van der Waals surface area contributed by atoms with Gasteiger partial charge in [-0.25, -0.2) is 0 Å². The summed E-state index contributed by atoms with van der Waals surface area (Å²) in [7, 11) is 0. The third-order valence-corrected chi connectivity index (χ3v) is 4.22. The highest BCUT2D eigenvalue weighted by Crippen LogP contribution is 2.29. The van der Waals surface area contributed by atoms with E-state index in [9.17, 15) is 27.9 Å². The first-order valence-corrected chi connectivity index (χ1v) is 8.12. The number of halogens is 3. The van der Waals surface area contributed by atoms with Crippen molar-refractivity contribution in [3.05, 3.63) is 24.3 Å². The molecule has 144 valence electrons. The van der Waals surface area contributed by atoms with Crippen LogP contribution in [0.3, 0.4) is 0 Å². The van der Waals surface area contributed by atoms with E-state index in [-0.39, 0.29) is 11.5 Å². The Morgan fingerprint density at radius 1 is 1.23 bits per heavy atom. The van der Waals surface area contributed by atoms with E-state index in [0.717, 1.165) is 0 Å². The quantitative estimate of drug-likeness (QED) is 0.827. The molecule has 1 aromatic rings. The maximum absolute atomic E-state index is 12.4. The zero-order valence-corrected chi connectivity index (χ0v) is 14.2. The summed E-state index contributed by atoms with van der Waals surface area (Å²) in [5, 5.41) is 9.20. The number of alkyl halides is 3. The number of ether oxygens (including phenoxy) is 2. The molecule has 1 N–H and O–H groups in total. The van der Waals surface area contributed by atoms with Gasteiger partial charge in [0.15, 0.2) is 24.7 Å². The van der Waals surface area contributed by atoms with Gasteiger partial charge in [0.1, 0.15) is 0 Å². The molecule has 26 heavy (non-hydrogen) atoms. The number of aliphatic carboxylic acids is 1. The number of carbonyl (C=O) groups is 2. The molecule has 0 spiro atoms. The van der Waals surface area contributed by atoms with Crippen LogP contribution in [0.5, 0.6) is 11.5 Å². The number of hydrogen-bond acceptors (Lipinski definition) is 4. The van der Waals surface area contributed by atoms with E-state index < -0.39 is 43.2 Å². The first kappa shape index (κ1) is 19.9. The second-order valence-corrected chi connectivity index (χ2v) is 6.05. The molecule has 1 amide bonds. The van der Waals surface area contributed by atoms with Crippen LogP contribution in [-0.4, -0.2) is 53.9 Å². The zero-order chi connectivity index (χ0) is 19.3. The van der Waals surface area contributed by atoms with Crippen LogP contribution in [0.2, 0.25) is 0 Å². The summed E-state index contributed by atoms with van der Waals surface area (Å²) in [4.78, 5) is 25.0. The van der Waals surface area contributed by atoms with Crippen LogP contribution in [0, 0.1) is 5.92 Å². The maximum atomic E-state index is 12.4. The van der Waals surface area contributed by atoms with Crippen LogP contribution in [0.1, 0.15) is 19.8 Å². The van der Waals surface area contributed by atoms with Gasteiger partial charge >= 0.3 is 12.1 Å². The zero-order valence-electron chi connectivity index (χ0n) is 14.2. The van der Waals surface area contributed by atoms with Crippen molar-refractivity contribution in [3.8, 4) is 11.5 Å². The topological polar surface area (TPSA) is 76.1 Å². The average Bonchev–Trinajstić information content (AvgIpc) is 2.57. The van der Waals surface area contributed by atoms with E-state index in [2.05, 4.69) is 0 Å². The molecule has 0 unspecified atom stereocenters. The minimum Gasteiger partial charge on any atom is -0.481 e. The lowest BCUT2D eigenvalue weighted by Gasteiger charge is -2.37. The van der Waals surface area contributed by atoms with Crippen molar-refractivity contribution in [1.29, 1.82) is 0 Å². The Morgan fingerprint density at radius 2 is 1.85 bits per heavy atom. The minimum atomic E-state index is -4.49. The number of hydrogen-bond donors (Lipinski definition) is 1.